The molecule has 5 atom stereocenters. The van der Waals surface area contributed by atoms with E-state index in [1.165, 1.54) is 0 Å². The molecular formula is C47H66N2O11. The second-order valence-electron chi connectivity index (χ2n) is 20.0. The Morgan fingerprint density at radius 1 is 0.717 bits per heavy atom. The molecule has 0 amide bonds. The summed E-state index contributed by atoms with van der Waals surface area (Å²) in [5.74, 6) is -1.65. The summed E-state index contributed by atoms with van der Waals surface area (Å²) in [5, 5.41) is 7.71. The monoisotopic (exact) mass is 834 g/mol. The zero-order valence-electron chi connectivity index (χ0n) is 38.1. The Hall–Kier alpha value is -4.91. The minimum Gasteiger partial charge on any atom is -0.489 e. The third-order valence-corrected chi connectivity index (χ3v) is 9.74. The molecule has 1 N–H and O–H groups in total. The molecular weight excluding hydrogens is 769 g/mol. The maximum absolute atomic E-state index is 13.8. The van der Waals surface area contributed by atoms with Crippen molar-refractivity contribution in [3.8, 4) is 11.6 Å². The Morgan fingerprint density at radius 2 is 1.25 bits per heavy atom. The van der Waals surface area contributed by atoms with Gasteiger partial charge < -0.3 is 33.2 Å². The highest BCUT2D eigenvalue weighted by molar-refractivity contribution is 5.78. The number of carbonyl (C=O) groups excluding carboxylic acids is 4. The van der Waals surface area contributed by atoms with Crippen molar-refractivity contribution < 1.29 is 52.3 Å². The molecule has 0 spiro atoms. The van der Waals surface area contributed by atoms with Crippen LogP contribution < -0.4 is 9.47 Å². The number of nitrogens with one attached hydrogen (secondary N) is 1. The van der Waals surface area contributed by atoms with Crippen LogP contribution in [-0.2, 0) is 55.9 Å². The van der Waals surface area contributed by atoms with E-state index >= 15 is 0 Å². The molecule has 3 aromatic rings. The number of rotatable bonds is 13. The standard InChI is InChI=1S/C47H66N2O11/c1-27(2)34-32(24-30-21-22-31(23-28(30)3)54-25-29-19-17-16-18-20-29)38(49-48-34)60-39-37(59-43(53)47(13,14)15)36(58-42(52)46(10,11)12)35(57-41(51)45(7,8)9)33(56-39)26-55-40(50)44(4,5)6/h16-23,27,33,35-37,39H,24-26H2,1-15H3,(H,48,49)/t33-,35-,36+,37-,39?/m1/s1. The van der Waals surface area contributed by atoms with Crippen LogP contribution in [0.4, 0.5) is 0 Å². The maximum atomic E-state index is 13.8. The van der Waals surface area contributed by atoms with Gasteiger partial charge >= 0.3 is 23.9 Å². The Morgan fingerprint density at radius 3 is 1.77 bits per heavy atom. The Balaban J connectivity index is 1.81. The van der Waals surface area contributed by atoms with Crippen LogP contribution in [0.5, 0.6) is 11.6 Å². The van der Waals surface area contributed by atoms with Gasteiger partial charge in [-0.1, -0.05) is 50.2 Å². The molecule has 1 unspecified atom stereocenters. The minimum atomic E-state index is -1.49. The Labute approximate surface area is 355 Å². The van der Waals surface area contributed by atoms with E-state index < -0.39 is 82.8 Å². The number of benzene rings is 2. The number of aromatic nitrogens is 2. The molecule has 1 aliphatic rings. The van der Waals surface area contributed by atoms with Gasteiger partial charge in [-0.3, -0.25) is 24.3 Å². The van der Waals surface area contributed by atoms with Crippen LogP contribution in [0.3, 0.4) is 0 Å². The number of nitrogens with zero attached hydrogens (tertiary/aromatic N) is 1. The largest absolute Gasteiger partial charge is 0.489 e. The zero-order valence-corrected chi connectivity index (χ0v) is 38.1. The lowest BCUT2D eigenvalue weighted by Gasteiger charge is -2.45. The average Bonchev–Trinajstić information content (AvgIpc) is 3.53. The van der Waals surface area contributed by atoms with Crippen molar-refractivity contribution in [2.24, 2.45) is 21.7 Å². The number of ether oxygens (including phenoxy) is 7. The topological polar surface area (TPSA) is 162 Å². The number of esters is 4. The average molecular weight is 835 g/mol. The Bertz CT molecular complexity index is 1960. The lowest BCUT2D eigenvalue weighted by Crippen LogP contribution is -2.65. The third kappa shape index (κ3) is 12.6. The fraction of sp³-hybridized carbons (Fsp3) is 0.596. The number of aromatic amines is 1. The molecule has 0 saturated carbocycles. The summed E-state index contributed by atoms with van der Waals surface area (Å²) in [6, 6.07) is 15.8. The second kappa shape index (κ2) is 18.8. The van der Waals surface area contributed by atoms with Crippen LogP contribution in [0.25, 0.3) is 0 Å². The number of carbonyl (C=O) groups is 4. The first-order chi connectivity index (χ1) is 27.7. The van der Waals surface area contributed by atoms with Crippen LogP contribution in [0.2, 0.25) is 0 Å². The molecule has 2 heterocycles. The van der Waals surface area contributed by atoms with Gasteiger partial charge in [-0.25, -0.2) is 0 Å². The van der Waals surface area contributed by atoms with Crippen LogP contribution in [0.1, 0.15) is 131 Å². The molecule has 1 fully saturated rings. The third-order valence-electron chi connectivity index (χ3n) is 9.74. The van der Waals surface area contributed by atoms with Crippen LogP contribution in [0.15, 0.2) is 48.5 Å². The van der Waals surface area contributed by atoms with Gasteiger partial charge in [-0.15, -0.1) is 5.10 Å². The molecule has 0 aliphatic carbocycles. The van der Waals surface area contributed by atoms with Crippen molar-refractivity contribution >= 4 is 23.9 Å². The molecule has 0 radical (unpaired) electrons. The summed E-state index contributed by atoms with van der Waals surface area (Å²) in [4.78, 5) is 54.3. The molecule has 1 aliphatic heterocycles. The van der Waals surface area contributed by atoms with Crippen molar-refractivity contribution in [1.29, 1.82) is 0 Å². The van der Waals surface area contributed by atoms with Gasteiger partial charge in [-0.2, -0.15) is 0 Å². The van der Waals surface area contributed by atoms with E-state index in [2.05, 4.69) is 10.2 Å². The van der Waals surface area contributed by atoms with Crippen molar-refractivity contribution in [2.45, 2.75) is 154 Å². The van der Waals surface area contributed by atoms with E-state index in [4.69, 9.17) is 33.2 Å². The van der Waals surface area contributed by atoms with Gasteiger partial charge in [0.25, 0.3) is 0 Å². The number of hydrogen-bond donors (Lipinski definition) is 1. The van der Waals surface area contributed by atoms with Gasteiger partial charge in [0.15, 0.2) is 12.2 Å². The van der Waals surface area contributed by atoms with Crippen molar-refractivity contribution in [3.05, 3.63) is 76.5 Å². The lowest BCUT2D eigenvalue weighted by molar-refractivity contribution is -0.294. The van der Waals surface area contributed by atoms with Gasteiger partial charge in [-0.05, 0) is 125 Å². The van der Waals surface area contributed by atoms with E-state index in [0.29, 0.717) is 13.0 Å². The van der Waals surface area contributed by atoms with Crippen LogP contribution in [0, 0.1) is 28.6 Å². The predicted octanol–water partition coefficient (Wildman–Crippen LogP) is 8.58. The lowest BCUT2D eigenvalue weighted by atomic mass is 9.93. The van der Waals surface area contributed by atoms with Gasteiger partial charge in [0.2, 0.25) is 18.3 Å². The van der Waals surface area contributed by atoms with Crippen molar-refractivity contribution in [2.75, 3.05) is 6.61 Å². The first-order valence-electron chi connectivity index (χ1n) is 20.6. The molecule has 1 aromatic heterocycles. The molecule has 4 rings (SSSR count). The highest BCUT2D eigenvalue weighted by Crippen LogP contribution is 2.37. The summed E-state index contributed by atoms with van der Waals surface area (Å²) in [5.41, 5.74) is 0.607. The van der Waals surface area contributed by atoms with Gasteiger partial charge in [0.1, 0.15) is 25.1 Å². The SMILES string of the molecule is Cc1cc(OCc2ccccc2)ccc1Cc1c(OC2O[C@H](COC(=O)C(C)(C)C)[C@@H](OC(=O)C(C)(C)C)[C@H](OC(=O)C(C)(C)C)[C@H]2OC(=O)C(C)(C)C)n[nH]c1C(C)C. The van der Waals surface area contributed by atoms with E-state index in [1.54, 1.807) is 83.1 Å². The summed E-state index contributed by atoms with van der Waals surface area (Å²) in [7, 11) is 0. The summed E-state index contributed by atoms with van der Waals surface area (Å²) in [6.45, 7) is 26.2. The van der Waals surface area contributed by atoms with Gasteiger partial charge in [0, 0.05) is 17.7 Å². The van der Waals surface area contributed by atoms with E-state index in [1.807, 2.05) is 69.3 Å². The number of aryl methyl sites for hydroxylation is 1. The smallest absolute Gasteiger partial charge is 0.311 e. The normalized spacial score (nSPS) is 20.0. The van der Waals surface area contributed by atoms with Crippen LogP contribution >= 0.6 is 0 Å². The molecule has 1 saturated heterocycles. The summed E-state index contributed by atoms with van der Waals surface area (Å²) in [6.07, 6.45) is -6.69. The highest BCUT2D eigenvalue weighted by atomic mass is 16.7. The van der Waals surface area contributed by atoms with Crippen molar-refractivity contribution in [3.63, 3.8) is 0 Å². The maximum Gasteiger partial charge on any atom is 0.311 e. The van der Waals surface area contributed by atoms with Gasteiger partial charge in [0.05, 0.1) is 21.7 Å². The Kier molecular flexibility index (Phi) is 15.0. The molecule has 0 bridgehead atoms. The molecule has 13 heteroatoms. The minimum absolute atomic E-state index is 0.00772. The molecule has 2 aromatic carbocycles. The predicted molar refractivity (Wildman–Crippen MR) is 225 cm³/mol. The quantitative estimate of drug-likeness (QED) is 0.129. The first kappa shape index (κ1) is 47.8. The molecule has 330 valence electrons. The number of H-pyrrole nitrogens is 1. The summed E-state index contributed by atoms with van der Waals surface area (Å²) < 4.78 is 43.5. The van der Waals surface area contributed by atoms with Crippen molar-refractivity contribution in [1.82, 2.24) is 10.2 Å². The zero-order chi connectivity index (χ0) is 45.0. The second-order valence-corrected chi connectivity index (χ2v) is 20.0. The van der Waals surface area contributed by atoms with E-state index in [0.717, 1.165) is 33.7 Å². The molecule has 60 heavy (non-hydrogen) atoms. The van der Waals surface area contributed by atoms with E-state index in [-0.39, 0.29) is 11.8 Å². The highest BCUT2D eigenvalue weighted by Gasteiger charge is 2.56. The molecule has 13 nitrogen and oxygen atoms in total. The number of hydrogen-bond acceptors (Lipinski definition) is 12. The fourth-order valence-corrected chi connectivity index (χ4v) is 5.89. The summed E-state index contributed by atoms with van der Waals surface area (Å²) >= 11 is 0. The van der Waals surface area contributed by atoms with E-state index in [9.17, 15) is 19.2 Å². The first-order valence-corrected chi connectivity index (χ1v) is 20.6. The van der Waals surface area contributed by atoms with Crippen LogP contribution in [-0.4, -0.2) is 71.4 Å². The fourth-order valence-electron chi connectivity index (χ4n) is 5.89.